The van der Waals surface area contributed by atoms with Crippen molar-refractivity contribution in [3.05, 3.63) is 45.1 Å². The smallest absolute Gasteiger partial charge is 0.263 e. The summed E-state index contributed by atoms with van der Waals surface area (Å²) in [5.41, 5.74) is 0. The van der Waals surface area contributed by atoms with Crippen molar-refractivity contribution >= 4 is 38.9 Å². The van der Waals surface area contributed by atoms with Gasteiger partial charge in [-0.25, -0.2) is 8.42 Å². The van der Waals surface area contributed by atoms with Crippen LogP contribution in [0.4, 0.5) is 0 Å². The molecular formula is C19H23ClN2O4S2. The largest absolute Gasteiger partial charge is 0.479 e. The molecule has 1 fully saturated rings. The van der Waals surface area contributed by atoms with Gasteiger partial charge in [-0.1, -0.05) is 23.7 Å². The molecule has 2 aromatic rings. The van der Waals surface area contributed by atoms with E-state index in [-0.39, 0.29) is 19.0 Å². The number of piperazine rings is 1. The molecular weight excluding hydrogens is 420 g/mol. The zero-order chi connectivity index (χ0) is 20.5. The number of thiophene rings is 1. The molecule has 0 spiro atoms. The number of halogens is 1. The lowest BCUT2D eigenvalue weighted by Gasteiger charge is -2.35. The monoisotopic (exact) mass is 442 g/mol. The molecule has 1 atom stereocenters. The number of nitrogens with zero attached hydrogens (tertiary/aromatic N) is 2. The van der Waals surface area contributed by atoms with Crippen LogP contribution in [-0.2, 0) is 14.8 Å². The number of hydrogen-bond acceptors (Lipinski definition) is 5. The minimum Gasteiger partial charge on any atom is -0.479 e. The molecule has 0 radical (unpaired) electrons. The molecule has 0 bridgehead atoms. The predicted octanol–water partition coefficient (Wildman–Crippen LogP) is 3.32. The van der Waals surface area contributed by atoms with Crippen molar-refractivity contribution in [3.8, 4) is 5.75 Å². The van der Waals surface area contributed by atoms with Crippen LogP contribution < -0.4 is 4.74 Å². The van der Waals surface area contributed by atoms with E-state index in [4.69, 9.17) is 16.3 Å². The van der Waals surface area contributed by atoms with E-state index in [1.807, 2.05) is 13.8 Å². The van der Waals surface area contributed by atoms with Gasteiger partial charge in [0, 0.05) is 35.9 Å². The third-order valence-corrected chi connectivity index (χ3v) is 8.08. The number of carbonyl (C=O) groups excluding carboxylic acids is 1. The number of ether oxygens (including phenoxy) is 1. The molecule has 152 valence electrons. The van der Waals surface area contributed by atoms with Crippen molar-refractivity contribution in [3.63, 3.8) is 0 Å². The Morgan fingerprint density at radius 1 is 1.18 bits per heavy atom. The molecule has 9 heteroatoms. The summed E-state index contributed by atoms with van der Waals surface area (Å²) in [5, 5.41) is 0.444. The molecule has 28 heavy (non-hydrogen) atoms. The van der Waals surface area contributed by atoms with Crippen LogP contribution in [0.25, 0.3) is 0 Å². The van der Waals surface area contributed by atoms with E-state index >= 15 is 0 Å². The number of rotatable bonds is 5. The first kappa shape index (κ1) is 21.1. The van der Waals surface area contributed by atoms with E-state index in [0.717, 1.165) is 9.75 Å². The van der Waals surface area contributed by atoms with E-state index in [2.05, 4.69) is 0 Å². The van der Waals surface area contributed by atoms with Gasteiger partial charge in [0.15, 0.2) is 6.10 Å². The third kappa shape index (κ3) is 4.35. The highest BCUT2D eigenvalue weighted by Gasteiger charge is 2.33. The molecule has 0 aliphatic carbocycles. The van der Waals surface area contributed by atoms with Crippen LogP contribution in [0.15, 0.2) is 35.2 Å². The quantitative estimate of drug-likeness (QED) is 0.712. The summed E-state index contributed by atoms with van der Waals surface area (Å²) in [5.74, 6) is 0.272. The lowest BCUT2D eigenvalue weighted by molar-refractivity contribution is -0.139. The number of para-hydroxylation sites is 1. The van der Waals surface area contributed by atoms with Crippen LogP contribution in [0, 0.1) is 13.8 Å². The molecule has 1 aliphatic heterocycles. The summed E-state index contributed by atoms with van der Waals surface area (Å²) in [4.78, 5) is 16.5. The molecule has 1 aromatic carbocycles. The highest BCUT2D eigenvalue weighted by Crippen LogP contribution is 2.28. The van der Waals surface area contributed by atoms with Crippen LogP contribution in [0.5, 0.6) is 5.75 Å². The second-order valence-electron chi connectivity index (χ2n) is 6.70. The highest BCUT2D eigenvalue weighted by molar-refractivity contribution is 7.89. The average Bonchev–Trinajstić information content (AvgIpc) is 3.02. The molecule has 3 rings (SSSR count). The molecule has 0 saturated carbocycles. The Balaban J connectivity index is 1.62. The molecule has 2 heterocycles. The summed E-state index contributed by atoms with van der Waals surface area (Å²) in [7, 11) is -3.54. The second-order valence-corrected chi connectivity index (χ2v) is 10.5. The lowest BCUT2D eigenvalue weighted by atomic mass is 10.2. The first-order chi connectivity index (χ1) is 13.2. The van der Waals surface area contributed by atoms with Gasteiger partial charge in [0.25, 0.3) is 5.91 Å². The van der Waals surface area contributed by atoms with Gasteiger partial charge in [0.1, 0.15) is 5.75 Å². The van der Waals surface area contributed by atoms with Gasteiger partial charge < -0.3 is 9.64 Å². The van der Waals surface area contributed by atoms with Crippen LogP contribution in [0.2, 0.25) is 5.02 Å². The van der Waals surface area contributed by atoms with Gasteiger partial charge in [0.2, 0.25) is 10.0 Å². The minimum absolute atomic E-state index is 0.181. The molecule has 0 N–H and O–H groups in total. The van der Waals surface area contributed by atoms with Gasteiger partial charge >= 0.3 is 0 Å². The highest BCUT2D eigenvalue weighted by atomic mass is 35.5. The maximum absolute atomic E-state index is 12.9. The van der Waals surface area contributed by atoms with Gasteiger partial charge in [-0.3, -0.25) is 4.79 Å². The Bertz CT molecular complexity index is 966. The number of aryl methyl sites for hydroxylation is 2. The van der Waals surface area contributed by atoms with Crippen molar-refractivity contribution in [2.24, 2.45) is 0 Å². The number of amides is 1. The molecule has 1 aromatic heterocycles. The average molecular weight is 443 g/mol. The third-order valence-electron chi connectivity index (χ3n) is 4.65. The Morgan fingerprint density at radius 3 is 2.39 bits per heavy atom. The zero-order valence-corrected chi connectivity index (χ0v) is 18.4. The number of hydrogen-bond donors (Lipinski definition) is 0. The molecule has 1 saturated heterocycles. The summed E-state index contributed by atoms with van der Waals surface area (Å²) in [6, 6.07) is 8.70. The van der Waals surface area contributed by atoms with Crippen molar-refractivity contribution in [2.45, 2.75) is 31.8 Å². The Kier molecular flexibility index (Phi) is 6.34. The van der Waals surface area contributed by atoms with Crippen molar-refractivity contribution < 1.29 is 17.9 Å². The van der Waals surface area contributed by atoms with Crippen LogP contribution in [0.1, 0.15) is 16.7 Å². The topological polar surface area (TPSA) is 66.9 Å². The molecule has 6 nitrogen and oxygen atoms in total. The number of sulfonamides is 1. The summed E-state index contributed by atoms with van der Waals surface area (Å²) < 4.78 is 32.9. The van der Waals surface area contributed by atoms with Crippen LogP contribution in [0.3, 0.4) is 0 Å². The van der Waals surface area contributed by atoms with Gasteiger partial charge in [-0.2, -0.15) is 4.31 Å². The van der Waals surface area contributed by atoms with E-state index < -0.39 is 16.1 Å². The Hall–Kier alpha value is -1.61. The van der Waals surface area contributed by atoms with Gasteiger partial charge in [-0.15, -0.1) is 11.3 Å². The van der Waals surface area contributed by atoms with Crippen LogP contribution in [-0.4, -0.2) is 55.8 Å². The SMILES string of the molecule is Cc1cc(S(=O)(=O)N2CCN(C(=O)C(C)Oc3ccccc3Cl)CC2)c(C)s1. The van der Waals surface area contributed by atoms with E-state index in [0.29, 0.717) is 28.8 Å². The van der Waals surface area contributed by atoms with Crippen molar-refractivity contribution in [2.75, 3.05) is 26.2 Å². The maximum atomic E-state index is 12.9. The maximum Gasteiger partial charge on any atom is 0.263 e. The van der Waals surface area contributed by atoms with Crippen molar-refractivity contribution in [1.82, 2.24) is 9.21 Å². The normalized spacial score (nSPS) is 16.8. The molecule has 1 aliphatic rings. The number of benzene rings is 1. The summed E-state index contributed by atoms with van der Waals surface area (Å²) in [6.07, 6.45) is -0.704. The Labute approximate surface area is 174 Å². The Morgan fingerprint density at radius 2 is 1.82 bits per heavy atom. The minimum atomic E-state index is -3.54. The van der Waals surface area contributed by atoms with Gasteiger partial charge in [-0.05, 0) is 39.0 Å². The second kappa shape index (κ2) is 8.41. The van der Waals surface area contributed by atoms with Crippen LogP contribution >= 0.6 is 22.9 Å². The first-order valence-electron chi connectivity index (χ1n) is 8.97. The van der Waals surface area contributed by atoms with Crippen molar-refractivity contribution in [1.29, 1.82) is 0 Å². The summed E-state index contributed by atoms with van der Waals surface area (Å²) in [6.45, 7) is 6.58. The fourth-order valence-electron chi connectivity index (χ4n) is 3.19. The molecule has 1 amide bonds. The fraction of sp³-hybridized carbons (Fsp3) is 0.421. The predicted molar refractivity (Wildman–Crippen MR) is 111 cm³/mol. The lowest BCUT2D eigenvalue weighted by Crippen LogP contribution is -2.53. The van der Waals surface area contributed by atoms with E-state index in [1.54, 1.807) is 42.2 Å². The first-order valence-corrected chi connectivity index (χ1v) is 11.6. The zero-order valence-electron chi connectivity index (χ0n) is 16.0. The van der Waals surface area contributed by atoms with Gasteiger partial charge in [0.05, 0.1) is 9.92 Å². The fourth-order valence-corrected chi connectivity index (χ4v) is 6.32. The number of carbonyl (C=O) groups is 1. The standard InChI is InChI=1S/C19H23ClN2O4S2/c1-13-12-18(15(3)27-13)28(24,25)22-10-8-21(9-11-22)19(23)14(2)26-17-7-5-4-6-16(17)20/h4-7,12,14H,8-11H2,1-3H3. The van der Waals surface area contributed by atoms with E-state index in [9.17, 15) is 13.2 Å². The molecule has 1 unspecified atom stereocenters. The summed E-state index contributed by atoms with van der Waals surface area (Å²) >= 11 is 7.55. The van der Waals surface area contributed by atoms with E-state index in [1.165, 1.54) is 15.6 Å².